The highest BCUT2D eigenvalue weighted by molar-refractivity contribution is 5.78. The Balaban J connectivity index is 1.54. The van der Waals surface area contributed by atoms with E-state index in [1.807, 2.05) is 76.2 Å². The van der Waals surface area contributed by atoms with Gasteiger partial charge in [-0.05, 0) is 70.0 Å². The van der Waals surface area contributed by atoms with E-state index in [0.717, 1.165) is 39.6 Å². The van der Waals surface area contributed by atoms with E-state index in [0.29, 0.717) is 31.9 Å². The van der Waals surface area contributed by atoms with Crippen molar-refractivity contribution < 1.29 is 19.0 Å². The standard InChI is InChI=1S/C29H34N4O4/c1-6-36-26-10-8-7-9-22(26)24-18-27(31-19-30-24)32-21-11-12-25(35-5)23(17-21)20-13-15-33(16-14-20)28(34)37-29(2,3)4/h7-13,17-19H,6,14-16H2,1-5H3,(H,30,31,32). The predicted molar refractivity (Wildman–Crippen MR) is 145 cm³/mol. The lowest BCUT2D eigenvalue weighted by Gasteiger charge is -2.30. The number of anilines is 2. The van der Waals surface area contributed by atoms with Crippen LogP contribution in [0.25, 0.3) is 16.8 Å². The number of methoxy groups -OCH3 is 1. The van der Waals surface area contributed by atoms with Gasteiger partial charge >= 0.3 is 6.09 Å². The number of benzene rings is 2. The van der Waals surface area contributed by atoms with E-state index in [1.54, 1.807) is 18.3 Å². The number of hydrogen-bond acceptors (Lipinski definition) is 7. The minimum atomic E-state index is -0.518. The van der Waals surface area contributed by atoms with Gasteiger partial charge in [-0.3, -0.25) is 0 Å². The van der Waals surface area contributed by atoms with Gasteiger partial charge in [0.1, 0.15) is 29.2 Å². The van der Waals surface area contributed by atoms with Crippen LogP contribution in [0.15, 0.2) is 60.9 Å². The topological polar surface area (TPSA) is 85.8 Å². The van der Waals surface area contributed by atoms with Crippen LogP contribution in [0.1, 0.15) is 39.7 Å². The fourth-order valence-electron chi connectivity index (χ4n) is 4.12. The molecule has 8 heteroatoms. The molecular weight excluding hydrogens is 468 g/mol. The highest BCUT2D eigenvalue weighted by Crippen LogP contribution is 2.34. The summed E-state index contributed by atoms with van der Waals surface area (Å²) in [6.07, 6.45) is 4.00. The number of carbonyl (C=O) groups excluding carboxylic acids is 1. The van der Waals surface area contributed by atoms with Crippen LogP contribution in [0.3, 0.4) is 0 Å². The number of aromatic nitrogens is 2. The van der Waals surface area contributed by atoms with Gasteiger partial charge in [0, 0.05) is 36.0 Å². The minimum Gasteiger partial charge on any atom is -0.496 e. The Morgan fingerprint density at radius 2 is 1.86 bits per heavy atom. The van der Waals surface area contributed by atoms with Gasteiger partial charge in [-0.1, -0.05) is 18.2 Å². The summed E-state index contributed by atoms with van der Waals surface area (Å²) in [4.78, 5) is 23.0. The number of rotatable bonds is 7. The molecule has 1 aromatic heterocycles. The summed E-state index contributed by atoms with van der Waals surface area (Å²) in [5, 5.41) is 3.39. The third-order valence-electron chi connectivity index (χ3n) is 5.81. The molecule has 8 nitrogen and oxygen atoms in total. The largest absolute Gasteiger partial charge is 0.496 e. The smallest absolute Gasteiger partial charge is 0.410 e. The van der Waals surface area contributed by atoms with Crippen molar-refractivity contribution in [1.29, 1.82) is 0 Å². The molecule has 194 valence electrons. The second kappa shape index (κ2) is 11.3. The van der Waals surface area contributed by atoms with E-state index in [4.69, 9.17) is 14.2 Å². The molecule has 1 amide bonds. The van der Waals surface area contributed by atoms with Crippen LogP contribution in [0.2, 0.25) is 0 Å². The summed E-state index contributed by atoms with van der Waals surface area (Å²) < 4.78 is 16.9. The van der Waals surface area contributed by atoms with E-state index in [9.17, 15) is 4.79 Å². The quantitative estimate of drug-likeness (QED) is 0.405. The summed E-state index contributed by atoms with van der Waals surface area (Å²) >= 11 is 0. The predicted octanol–water partition coefficient (Wildman–Crippen LogP) is 6.32. The van der Waals surface area contributed by atoms with Crippen molar-refractivity contribution >= 4 is 23.2 Å². The average molecular weight is 503 g/mol. The fraction of sp³-hybridized carbons (Fsp3) is 0.345. The lowest BCUT2D eigenvalue weighted by molar-refractivity contribution is 0.0270. The summed E-state index contributed by atoms with van der Waals surface area (Å²) in [5.74, 6) is 2.23. The maximum Gasteiger partial charge on any atom is 0.410 e. The van der Waals surface area contributed by atoms with E-state index in [-0.39, 0.29) is 6.09 Å². The third kappa shape index (κ3) is 6.58. The van der Waals surface area contributed by atoms with Crippen LogP contribution < -0.4 is 14.8 Å². The molecule has 0 aliphatic carbocycles. The SMILES string of the molecule is CCOc1ccccc1-c1cc(Nc2ccc(OC)c(C3=CCN(C(=O)OC(C)(C)C)CC3)c2)ncn1. The maximum absolute atomic E-state index is 12.4. The van der Waals surface area contributed by atoms with Crippen LogP contribution in [-0.4, -0.2) is 53.4 Å². The molecule has 0 saturated heterocycles. The number of para-hydroxylation sites is 1. The first-order chi connectivity index (χ1) is 17.8. The van der Waals surface area contributed by atoms with Crippen molar-refractivity contribution in [2.45, 2.75) is 39.7 Å². The van der Waals surface area contributed by atoms with Gasteiger partial charge in [0.2, 0.25) is 0 Å². The normalized spacial score (nSPS) is 13.5. The zero-order valence-corrected chi connectivity index (χ0v) is 22.1. The Morgan fingerprint density at radius 1 is 1.05 bits per heavy atom. The highest BCUT2D eigenvalue weighted by Gasteiger charge is 2.24. The minimum absolute atomic E-state index is 0.296. The first kappa shape index (κ1) is 26.0. The van der Waals surface area contributed by atoms with Crippen molar-refractivity contribution in [2.75, 3.05) is 32.1 Å². The molecule has 0 radical (unpaired) electrons. The number of nitrogens with one attached hydrogen (secondary N) is 1. The molecular formula is C29H34N4O4. The van der Waals surface area contributed by atoms with Gasteiger partial charge in [-0.2, -0.15) is 0 Å². The van der Waals surface area contributed by atoms with Gasteiger partial charge < -0.3 is 24.4 Å². The number of carbonyl (C=O) groups is 1. The van der Waals surface area contributed by atoms with Crippen molar-refractivity contribution in [1.82, 2.24) is 14.9 Å². The lowest BCUT2D eigenvalue weighted by Crippen LogP contribution is -2.39. The van der Waals surface area contributed by atoms with Gasteiger partial charge in [-0.15, -0.1) is 0 Å². The molecule has 0 saturated carbocycles. The number of ether oxygens (including phenoxy) is 3. The van der Waals surface area contributed by atoms with E-state index >= 15 is 0 Å². The second-order valence-electron chi connectivity index (χ2n) is 9.66. The molecule has 0 fully saturated rings. The first-order valence-corrected chi connectivity index (χ1v) is 12.4. The zero-order chi connectivity index (χ0) is 26.4. The Morgan fingerprint density at radius 3 is 2.57 bits per heavy atom. The van der Waals surface area contributed by atoms with Crippen molar-refractivity contribution in [3.63, 3.8) is 0 Å². The molecule has 1 aliphatic rings. The maximum atomic E-state index is 12.4. The lowest BCUT2D eigenvalue weighted by atomic mass is 9.98. The van der Waals surface area contributed by atoms with Crippen LogP contribution in [0.4, 0.5) is 16.3 Å². The molecule has 2 aromatic carbocycles. The van der Waals surface area contributed by atoms with Crippen LogP contribution in [0, 0.1) is 0 Å². The Bertz CT molecular complexity index is 1280. The van der Waals surface area contributed by atoms with E-state index in [2.05, 4.69) is 21.4 Å². The molecule has 37 heavy (non-hydrogen) atoms. The van der Waals surface area contributed by atoms with Crippen molar-refractivity contribution in [3.05, 3.63) is 66.5 Å². The zero-order valence-electron chi connectivity index (χ0n) is 22.1. The van der Waals surface area contributed by atoms with E-state index in [1.165, 1.54) is 0 Å². The Hall–Kier alpha value is -4.07. The van der Waals surface area contributed by atoms with Crippen molar-refractivity contribution in [2.24, 2.45) is 0 Å². The van der Waals surface area contributed by atoms with Crippen LogP contribution in [0.5, 0.6) is 11.5 Å². The molecule has 2 heterocycles. The number of nitrogens with zero attached hydrogens (tertiary/aromatic N) is 3. The highest BCUT2D eigenvalue weighted by atomic mass is 16.6. The molecule has 0 spiro atoms. The summed E-state index contributed by atoms with van der Waals surface area (Å²) in [6.45, 7) is 9.22. The monoisotopic (exact) mass is 502 g/mol. The van der Waals surface area contributed by atoms with Crippen LogP contribution >= 0.6 is 0 Å². The molecule has 1 N–H and O–H groups in total. The van der Waals surface area contributed by atoms with Crippen molar-refractivity contribution in [3.8, 4) is 22.8 Å². The average Bonchev–Trinajstić information content (AvgIpc) is 2.88. The molecule has 1 aliphatic heterocycles. The fourth-order valence-corrected chi connectivity index (χ4v) is 4.12. The molecule has 0 bridgehead atoms. The number of hydrogen-bond donors (Lipinski definition) is 1. The first-order valence-electron chi connectivity index (χ1n) is 12.4. The molecule has 0 unspecified atom stereocenters. The second-order valence-corrected chi connectivity index (χ2v) is 9.66. The Kier molecular flexibility index (Phi) is 7.96. The van der Waals surface area contributed by atoms with Crippen LogP contribution in [-0.2, 0) is 4.74 Å². The van der Waals surface area contributed by atoms with Gasteiger partial charge in [-0.25, -0.2) is 14.8 Å². The molecule has 4 rings (SSSR count). The van der Waals surface area contributed by atoms with Gasteiger partial charge in [0.15, 0.2) is 0 Å². The van der Waals surface area contributed by atoms with E-state index < -0.39 is 5.60 Å². The molecule has 3 aromatic rings. The third-order valence-corrected chi connectivity index (χ3v) is 5.81. The summed E-state index contributed by atoms with van der Waals surface area (Å²) in [5.41, 5.74) is 4.13. The van der Waals surface area contributed by atoms with Gasteiger partial charge in [0.25, 0.3) is 0 Å². The summed E-state index contributed by atoms with van der Waals surface area (Å²) in [6, 6.07) is 15.7. The molecule has 0 atom stereocenters. The Labute approximate surface area is 218 Å². The summed E-state index contributed by atoms with van der Waals surface area (Å²) in [7, 11) is 1.66. The van der Waals surface area contributed by atoms with Gasteiger partial charge in [0.05, 0.1) is 19.4 Å². The number of amides is 1.